The van der Waals surface area contributed by atoms with Gasteiger partial charge in [0.05, 0.1) is 0 Å². The lowest BCUT2D eigenvalue weighted by Crippen LogP contribution is -2.45. The highest BCUT2D eigenvalue weighted by Gasteiger charge is 2.63. The van der Waals surface area contributed by atoms with Crippen LogP contribution in [0, 0.1) is 11.3 Å². The standard InChI is InChI=1S/C19H16N2O3/c20-11-12-24-18(23)19(13-16(19)14-7-3-1-4-8-14)21-17(22)15-9-5-2-6-10-15/h1-10,16H,12-13H2,(H,21,22). The number of nitrogens with one attached hydrogen (secondary N) is 1. The minimum absolute atomic E-state index is 0.155. The van der Waals surface area contributed by atoms with Crippen LogP contribution >= 0.6 is 0 Å². The van der Waals surface area contributed by atoms with Crippen LogP contribution in [0.25, 0.3) is 0 Å². The Morgan fingerprint density at radius 1 is 1.12 bits per heavy atom. The molecule has 2 aromatic carbocycles. The molecule has 0 heterocycles. The summed E-state index contributed by atoms with van der Waals surface area (Å²) < 4.78 is 4.99. The van der Waals surface area contributed by atoms with Crippen LogP contribution in [0.1, 0.15) is 28.3 Å². The summed E-state index contributed by atoms with van der Waals surface area (Å²) in [7, 11) is 0. The molecule has 0 spiro atoms. The lowest BCUT2D eigenvalue weighted by Gasteiger charge is -2.18. The van der Waals surface area contributed by atoms with E-state index in [1.54, 1.807) is 30.3 Å². The van der Waals surface area contributed by atoms with E-state index in [0.717, 1.165) is 5.56 Å². The van der Waals surface area contributed by atoms with Crippen molar-refractivity contribution in [2.75, 3.05) is 6.61 Å². The molecule has 2 unspecified atom stereocenters. The summed E-state index contributed by atoms with van der Waals surface area (Å²) in [5.41, 5.74) is 0.328. The average molecular weight is 320 g/mol. The largest absolute Gasteiger partial charge is 0.449 e. The van der Waals surface area contributed by atoms with Crippen molar-refractivity contribution in [1.29, 1.82) is 5.26 Å². The van der Waals surface area contributed by atoms with Crippen molar-refractivity contribution in [3.05, 3.63) is 71.8 Å². The third kappa shape index (κ3) is 2.99. The second kappa shape index (κ2) is 6.55. The first kappa shape index (κ1) is 15.8. The Balaban J connectivity index is 1.83. The maximum absolute atomic E-state index is 12.5. The maximum Gasteiger partial charge on any atom is 0.333 e. The van der Waals surface area contributed by atoms with Crippen molar-refractivity contribution in [3.8, 4) is 6.07 Å². The molecule has 3 rings (SSSR count). The zero-order valence-electron chi connectivity index (χ0n) is 12.9. The van der Waals surface area contributed by atoms with Crippen molar-refractivity contribution in [3.63, 3.8) is 0 Å². The van der Waals surface area contributed by atoms with Crippen LogP contribution in [-0.4, -0.2) is 24.0 Å². The molecule has 0 saturated heterocycles. The lowest BCUT2D eigenvalue weighted by atomic mass is 10.1. The first-order chi connectivity index (χ1) is 11.7. The van der Waals surface area contributed by atoms with Gasteiger partial charge in [-0.15, -0.1) is 0 Å². The number of amides is 1. The molecule has 0 aliphatic heterocycles. The van der Waals surface area contributed by atoms with Crippen molar-refractivity contribution in [2.45, 2.75) is 17.9 Å². The maximum atomic E-state index is 12.5. The fourth-order valence-electron chi connectivity index (χ4n) is 2.86. The highest BCUT2D eigenvalue weighted by atomic mass is 16.5. The third-order valence-electron chi connectivity index (χ3n) is 4.17. The molecular weight excluding hydrogens is 304 g/mol. The van der Waals surface area contributed by atoms with Crippen LogP contribution in [0.4, 0.5) is 0 Å². The Morgan fingerprint density at radius 2 is 1.75 bits per heavy atom. The van der Waals surface area contributed by atoms with Gasteiger partial charge in [-0.25, -0.2) is 4.79 Å². The predicted molar refractivity (Wildman–Crippen MR) is 87.0 cm³/mol. The highest BCUT2D eigenvalue weighted by molar-refractivity contribution is 6.00. The van der Waals surface area contributed by atoms with Gasteiger partial charge in [-0.1, -0.05) is 48.5 Å². The van der Waals surface area contributed by atoms with E-state index in [9.17, 15) is 9.59 Å². The Morgan fingerprint density at radius 3 is 2.38 bits per heavy atom. The van der Waals surface area contributed by atoms with Gasteiger partial charge in [-0.05, 0) is 24.1 Å². The normalized spacial score (nSPS) is 21.4. The number of hydrogen-bond donors (Lipinski definition) is 1. The van der Waals surface area contributed by atoms with Gasteiger partial charge in [0.1, 0.15) is 11.6 Å². The SMILES string of the molecule is N#CCOC(=O)C1(NC(=O)c2ccccc2)CC1c1ccccc1. The van der Waals surface area contributed by atoms with Gasteiger partial charge in [-0.2, -0.15) is 5.26 Å². The van der Waals surface area contributed by atoms with Crippen LogP contribution in [0.5, 0.6) is 0 Å². The first-order valence-corrected chi connectivity index (χ1v) is 7.64. The summed E-state index contributed by atoms with van der Waals surface area (Å²) >= 11 is 0. The van der Waals surface area contributed by atoms with Gasteiger partial charge in [0.15, 0.2) is 6.61 Å². The van der Waals surface area contributed by atoms with Crippen molar-refractivity contribution >= 4 is 11.9 Å². The van der Waals surface area contributed by atoms with E-state index in [1.165, 1.54) is 0 Å². The fraction of sp³-hybridized carbons (Fsp3) is 0.211. The number of carbonyl (C=O) groups is 2. The summed E-state index contributed by atoms with van der Waals surface area (Å²) in [6.45, 7) is -0.330. The van der Waals surface area contributed by atoms with Crippen molar-refractivity contribution in [2.24, 2.45) is 0 Å². The molecule has 2 aromatic rings. The molecule has 1 amide bonds. The van der Waals surface area contributed by atoms with Crippen LogP contribution in [0.15, 0.2) is 60.7 Å². The Bertz CT molecular complexity index is 783. The average Bonchev–Trinajstić information content (AvgIpc) is 3.36. The first-order valence-electron chi connectivity index (χ1n) is 7.64. The number of benzene rings is 2. The van der Waals surface area contributed by atoms with E-state index in [2.05, 4.69) is 5.32 Å². The van der Waals surface area contributed by atoms with E-state index < -0.39 is 11.5 Å². The summed E-state index contributed by atoms with van der Waals surface area (Å²) in [6.07, 6.45) is 0.458. The molecular formula is C19H16N2O3. The molecule has 5 nitrogen and oxygen atoms in total. The molecule has 1 fully saturated rings. The van der Waals surface area contributed by atoms with Crippen molar-refractivity contribution < 1.29 is 14.3 Å². The number of nitriles is 1. The zero-order chi connectivity index (χ0) is 17.0. The molecule has 2 atom stereocenters. The van der Waals surface area contributed by atoms with Crippen LogP contribution in [-0.2, 0) is 9.53 Å². The smallest absolute Gasteiger partial charge is 0.333 e. The molecule has 120 valence electrons. The quantitative estimate of drug-likeness (QED) is 0.858. The molecule has 0 radical (unpaired) electrons. The van der Waals surface area contributed by atoms with Gasteiger partial charge in [-0.3, -0.25) is 4.79 Å². The summed E-state index contributed by atoms with van der Waals surface area (Å²) in [4.78, 5) is 24.9. The van der Waals surface area contributed by atoms with Crippen LogP contribution in [0.3, 0.4) is 0 Å². The van der Waals surface area contributed by atoms with E-state index in [4.69, 9.17) is 10.00 Å². The minimum atomic E-state index is -1.11. The zero-order valence-corrected chi connectivity index (χ0v) is 12.9. The van der Waals surface area contributed by atoms with Crippen molar-refractivity contribution in [1.82, 2.24) is 5.32 Å². The number of carbonyl (C=O) groups excluding carboxylic acids is 2. The monoisotopic (exact) mass is 320 g/mol. The molecule has 24 heavy (non-hydrogen) atoms. The van der Waals surface area contributed by atoms with Crippen LogP contribution in [0.2, 0.25) is 0 Å². The fourth-order valence-corrected chi connectivity index (χ4v) is 2.86. The van der Waals surface area contributed by atoms with Gasteiger partial charge >= 0.3 is 5.97 Å². The molecule has 1 N–H and O–H groups in total. The summed E-state index contributed by atoms with van der Waals surface area (Å²) in [6, 6.07) is 20.0. The van der Waals surface area contributed by atoms with E-state index in [0.29, 0.717) is 12.0 Å². The van der Waals surface area contributed by atoms with E-state index in [-0.39, 0.29) is 18.4 Å². The third-order valence-corrected chi connectivity index (χ3v) is 4.17. The number of rotatable bonds is 5. The van der Waals surface area contributed by atoms with E-state index in [1.807, 2.05) is 36.4 Å². The molecule has 1 saturated carbocycles. The number of esters is 1. The topological polar surface area (TPSA) is 79.2 Å². The van der Waals surface area contributed by atoms with Gasteiger partial charge < -0.3 is 10.1 Å². The second-order valence-electron chi connectivity index (χ2n) is 5.69. The second-order valence-corrected chi connectivity index (χ2v) is 5.69. The van der Waals surface area contributed by atoms with Gasteiger partial charge in [0.2, 0.25) is 0 Å². The Hall–Kier alpha value is -3.13. The van der Waals surface area contributed by atoms with Gasteiger partial charge in [0.25, 0.3) is 5.91 Å². The predicted octanol–water partition coefficient (Wildman–Crippen LogP) is 2.41. The van der Waals surface area contributed by atoms with E-state index >= 15 is 0 Å². The Kier molecular flexibility index (Phi) is 4.30. The van der Waals surface area contributed by atoms with Gasteiger partial charge in [0, 0.05) is 11.5 Å². The molecule has 0 aromatic heterocycles. The Labute approximate surface area is 139 Å². The number of hydrogen-bond acceptors (Lipinski definition) is 4. The number of ether oxygens (including phenoxy) is 1. The lowest BCUT2D eigenvalue weighted by molar-refractivity contribution is -0.145. The number of nitrogens with zero attached hydrogens (tertiary/aromatic N) is 1. The molecule has 5 heteroatoms. The highest BCUT2D eigenvalue weighted by Crippen LogP contribution is 2.52. The molecule has 1 aliphatic carbocycles. The summed E-state index contributed by atoms with van der Waals surface area (Å²) in [5, 5.41) is 11.4. The molecule has 1 aliphatic rings. The van der Waals surface area contributed by atoms with Crippen LogP contribution < -0.4 is 5.32 Å². The minimum Gasteiger partial charge on any atom is -0.449 e. The summed E-state index contributed by atoms with van der Waals surface area (Å²) in [5.74, 6) is -1.05. The molecule has 0 bridgehead atoms.